The molecule has 162 valence electrons. The second-order valence-corrected chi connectivity index (χ2v) is 9.09. The van der Waals surface area contributed by atoms with Crippen molar-refractivity contribution in [2.24, 2.45) is 0 Å². The van der Waals surface area contributed by atoms with Crippen molar-refractivity contribution in [2.45, 2.75) is 37.1 Å². The Labute approximate surface area is 174 Å². The standard InChI is InChI=1S/C20H29F3N4OS/c1-26-9-11-27(12-10-26)18-7-6-15(20(21,22)23)14-17(18)25-19(28)24-8-13-29-16-4-2-3-5-16/h6-7,14,16H,2-5,8-13H2,1H3,(H2,24,25,28). The van der Waals surface area contributed by atoms with E-state index < -0.39 is 17.8 Å². The molecule has 1 aromatic carbocycles. The zero-order chi connectivity index (χ0) is 20.9. The minimum absolute atomic E-state index is 0.199. The Bertz CT molecular complexity index is 687. The van der Waals surface area contributed by atoms with Gasteiger partial charge in [0.2, 0.25) is 0 Å². The van der Waals surface area contributed by atoms with E-state index in [4.69, 9.17) is 0 Å². The largest absolute Gasteiger partial charge is 0.416 e. The maximum atomic E-state index is 13.2. The molecule has 2 amide bonds. The Hall–Kier alpha value is -1.61. The summed E-state index contributed by atoms with van der Waals surface area (Å²) in [7, 11) is 2.01. The summed E-state index contributed by atoms with van der Waals surface area (Å²) in [4.78, 5) is 16.5. The van der Waals surface area contributed by atoms with E-state index in [1.54, 1.807) is 0 Å². The van der Waals surface area contributed by atoms with Crippen LogP contribution in [0.15, 0.2) is 18.2 Å². The summed E-state index contributed by atoms with van der Waals surface area (Å²) < 4.78 is 39.5. The number of amides is 2. The number of thioether (sulfide) groups is 1. The average Bonchev–Trinajstić information content (AvgIpc) is 3.19. The number of carbonyl (C=O) groups is 1. The molecule has 0 spiro atoms. The maximum absolute atomic E-state index is 13.2. The lowest BCUT2D eigenvalue weighted by atomic mass is 10.1. The lowest BCUT2D eigenvalue weighted by Gasteiger charge is -2.35. The molecule has 1 aliphatic heterocycles. The first kappa shape index (κ1) is 22.1. The van der Waals surface area contributed by atoms with E-state index in [1.165, 1.54) is 31.7 Å². The maximum Gasteiger partial charge on any atom is 0.416 e. The van der Waals surface area contributed by atoms with Gasteiger partial charge in [0, 0.05) is 43.7 Å². The van der Waals surface area contributed by atoms with Crippen LogP contribution in [0.25, 0.3) is 0 Å². The molecule has 0 aromatic heterocycles. The Morgan fingerprint density at radius 3 is 2.52 bits per heavy atom. The van der Waals surface area contributed by atoms with E-state index >= 15 is 0 Å². The summed E-state index contributed by atoms with van der Waals surface area (Å²) in [5.41, 5.74) is 0.0642. The van der Waals surface area contributed by atoms with Crippen molar-refractivity contribution in [2.75, 3.05) is 55.7 Å². The Morgan fingerprint density at radius 1 is 1.17 bits per heavy atom. The number of nitrogens with zero attached hydrogens (tertiary/aromatic N) is 2. The highest BCUT2D eigenvalue weighted by Crippen LogP contribution is 2.36. The SMILES string of the molecule is CN1CCN(c2ccc(C(F)(F)F)cc2NC(=O)NCCSC2CCCC2)CC1. The molecule has 3 rings (SSSR count). The van der Waals surface area contributed by atoms with Crippen molar-refractivity contribution in [1.29, 1.82) is 0 Å². The average molecular weight is 431 g/mol. The van der Waals surface area contributed by atoms with Crippen LogP contribution in [0.5, 0.6) is 0 Å². The molecule has 2 N–H and O–H groups in total. The normalized spacial score (nSPS) is 18.8. The molecule has 0 radical (unpaired) electrons. The number of halogens is 3. The molecule has 2 fully saturated rings. The molecule has 0 unspecified atom stereocenters. The summed E-state index contributed by atoms with van der Waals surface area (Å²) in [6.45, 7) is 3.55. The number of alkyl halides is 3. The van der Waals surface area contributed by atoms with Crippen molar-refractivity contribution in [3.63, 3.8) is 0 Å². The number of urea groups is 1. The fourth-order valence-electron chi connectivity index (χ4n) is 3.75. The first-order valence-corrected chi connectivity index (χ1v) is 11.2. The van der Waals surface area contributed by atoms with Crippen LogP contribution in [0, 0.1) is 0 Å². The topological polar surface area (TPSA) is 47.6 Å². The highest BCUT2D eigenvalue weighted by molar-refractivity contribution is 7.99. The fraction of sp³-hybridized carbons (Fsp3) is 0.650. The highest BCUT2D eigenvalue weighted by atomic mass is 32.2. The van der Waals surface area contributed by atoms with E-state index in [0.29, 0.717) is 30.6 Å². The van der Waals surface area contributed by atoms with Crippen LogP contribution in [0.4, 0.5) is 29.3 Å². The van der Waals surface area contributed by atoms with E-state index in [1.807, 2.05) is 23.7 Å². The van der Waals surface area contributed by atoms with Gasteiger partial charge in [-0.1, -0.05) is 12.8 Å². The lowest BCUT2D eigenvalue weighted by molar-refractivity contribution is -0.137. The van der Waals surface area contributed by atoms with Gasteiger partial charge < -0.3 is 20.4 Å². The van der Waals surface area contributed by atoms with Crippen LogP contribution in [-0.4, -0.2) is 61.7 Å². The van der Waals surface area contributed by atoms with Crippen molar-refractivity contribution in [3.05, 3.63) is 23.8 Å². The molecular weight excluding hydrogens is 401 g/mol. The van der Waals surface area contributed by atoms with Crippen molar-refractivity contribution >= 4 is 29.2 Å². The first-order valence-electron chi connectivity index (χ1n) is 10.1. The second-order valence-electron chi connectivity index (χ2n) is 7.68. The molecule has 1 aliphatic carbocycles. The lowest BCUT2D eigenvalue weighted by Crippen LogP contribution is -2.45. The summed E-state index contributed by atoms with van der Waals surface area (Å²) in [6, 6.07) is 3.10. The van der Waals surface area contributed by atoms with Crippen LogP contribution in [0.3, 0.4) is 0 Å². The number of hydrogen-bond acceptors (Lipinski definition) is 4. The van der Waals surface area contributed by atoms with Crippen LogP contribution in [0.1, 0.15) is 31.2 Å². The van der Waals surface area contributed by atoms with Gasteiger partial charge >= 0.3 is 12.2 Å². The summed E-state index contributed by atoms with van der Waals surface area (Å²) in [6.07, 6.45) is 0.558. The number of piperazine rings is 1. The van der Waals surface area contributed by atoms with E-state index in [9.17, 15) is 18.0 Å². The minimum atomic E-state index is -4.45. The smallest absolute Gasteiger partial charge is 0.367 e. The molecule has 1 saturated carbocycles. The van der Waals surface area contributed by atoms with Gasteiger partial charge in [0.25, 0.3) is 0 Å². The zero-order valence-corrected chi connectivity index (χ0v) is 17.5. The van der Waals surface area contributed by atoms with Gasteiger partial charge in [0.1, 0.15) is 0 Å². The van der Waals surface area contributed by atoms with Gasteiger partial charge in [-0.2, -0.15) is 24.9 Å². The molecule has 1 heterocycles. The predicted octanol–water partition coefficient (Wildman–Crippen LogP) is 4.25. The number of carbonyl (C=O) groups excluding carboxylic acids is 1. The summed E-state index contributed by atoms with van der Waals surface area (Å²) >= 11 is 1.86. The van der Waals surface area contributed by atoms with Crippen molar-refractivity contribution in [3.8, 4) is 0 Å². The Kier molecular flexibility index (Phi) is 7.56. The monoisotopic (exact) mass is 430 g/mol. The molecule has 0 atom stereocenters. The van der Waals surface area contributed by atoms with Gasteiger partial charge in [-0.05, 0) is 38.1 Å². The Balaban J connectivity index is 1.62. The number of rotatable bonds is 6. The predicted molar refractivity (Wildman–Crippen MR) is 113 cm³/mol. The zero-order valence-electron chi connectivity index (χ0n) is 16.7. The van der Waals surface area contributed by atoms with Gasteiger partial charge in [-0.25, -0.2) is 4.79 Å². The van der Waals surface area contributed by atoms with Crippen LogP contribution >= 0.6 is 11.8 Å². The molecular formula is C20H29F3N4OS. The fourth-order valence-corrected chi connectivity index (χ4v) is 4.97. The number of likely N-dealkylation sites (N-methyl/N-ethyl adjacent to an activating group) is 1. The molecule has 1 saturated heterocycles. The van der Waals surface area contributed by atoms with Crippen LogP contribution < -0.4 is 15.5 Å². The number of hydrogen-bond donors (Lipinski definition) is 2. The van der Waals surface area contributed by atoms with Gasteiger partial charge in [-0.3, -0.25) is 0 Å². The molecule has 5 nitrogen and oxygen atoms in total. The third kappa shape index (κ3) is 6.44. The third-order valence-corrected chi connectivity index (χ3v) is 6.84. The van der Waals surface area contributed by atoms with Crippen LogP contribution in [0.2, 0.25) is 0 Å². The van der Waals surface area contributed by atoms with Gasteiger partial charge in [-0.15, -0.1) is 0 Å². The quantitative estimate of drug-likeness (QED) is 0.663. The molecule has 1 aromatic rings. The van der Waals surface area contributed by atoms with E-state index in [-0.39, 0.29) is 5.69 Å². The second kappa shape index (κ2) is 9.93. The molecule has 29 heavy (non-hydrogen) atoms. The van der Waals surface area contributed by atoms with E-state index in [0.717, 1.165) is 31.0 Å². The summed E-state index contributed by atoms with van der Waals surface area (Å²) in [5, 5.41) is 6.09. The summed E-state index contributed by atoms with van der Waals surface area (Å²) in [5.74, 6) is 0.812. The molecule has 2 aliphatic rings. The van der Waals surface area contributed by atoms with Crippen LogP contribution in [-0.2, 0) is 6.18 Å². The van der Waals surface area contributed by atoms with Gasteiger partial charge in [0.15, 0.2) is 0 Å². The molecule has 9 heteroatoms. The van der Waals surface area contributed by atoms with Crippen molar-refractivity contribution in [1.82, 2.24) is 10.2 Å². The molecule has 0 bridgehead atoms. The van der Waals surface area contributed by atoms with E-state index in [2.05, 4.69) is 15.5 Å². The van der Waals surface area contributed by atoms with Crippen molar-refractivity contribution < 1.29 is 18.0 Å². The minimum Gasteiger partial charge on any atom is -0.367 e. The number of anilines is 2. The number of nitrogens with one attached hydrogen (secondary N) is 2. The third-order valence-electron chi connectivity index (χ3n) is 5.46. The Morgan fingerprint density at radius 2 is 1.86 bits per heavy atom. The van der Waals surface area contributed by atoms with Gasteiger partial charge in [0.05, 0.1) is 16.9 Å². The first-order chi connectivity index (χ1) is 13.8. The number of benzene rings is 1. The highest BCUT2D eigenvalue weighted by Gasteiger charge is 2.32.